The smallest absolute Gasteiger partial charge is 0.0965 e. The maximum Gasteiger partial charge on any atom is 0.0965 e. The fourth-order valence-corrected chi connectivity index (χ4v) is 1.64. The van der Waals surface area contributed by atoms with Crippen LogP contribution in [0.1, 0.15) is 32.9 Å². The summed E-state index contributed by atoms with van der Waals surface area (Å²) in [6.45, 7) is 8.86. The lowest BCUT2D eigenvalue weighted by Crippen LogP contribution is -2.22. The third-order valence-electron chi connectivity index (χ3n) is 2.75. The van der Waals surface area contributed by atoms with Crippen molar-refractivity contribution in [1.82, 2.24) is 35.3 Å². The van der Waals surface area contributed by atoms with Gasteiger partial charge in [-0.25, -0.2) is 4.68 Å². The molecule has 0 unspecified atom stereocenters. The summed E-state index contributed by atoms with van der Waals surface area (Å²) < 4.78 is 3.72. The van der Waals surface area contributed by atoms with Crippen LogP contribution in [0.25, 0.3) is 0 Å². The summed E-state index contributed by atoms with van der Waals surface area (Å²) in [5, 5.41) is 19.3. The van der Waals surface area contributed by atoms with Gasteiger partial charge in [0.15, 0.2) is 0 Å². The lowest BCUT2D eigenvalue weighted by atomic mass is 10.1. The topological polar surface area (TPSA) is 73.5 Å². The Labute approximate surface area is 113 Å². The quantitative estimate of drug-likeness (QED) is 0.781. The van der Waals surface area contributed by atoms with E-state index in [9.17, 15) is 0 Å². The van der Waals surface area contributed by atoms with Crippen LogP contribution in [-0.4, -0.2) is 36.5 Å². The highest BCUT2D eigenvalue weighted by Gasteiger charge is 2.14. The molecule has 7 nitrogen and oxygen atoms in total. The first-order valence-electron chi connectivity index (χ1n) is 6.52. The molecule has 0 aliphatic heterocycles. The normalized spacial score (nSPS) is 11.9. The summed E-state index contributed by atoms with van der Waals surface area (Å²) in [5.74, 6) is 0. The van der Waals surface area contributed by atoms with Crippen LogP contribution < -0.4 is 5.32 Å². The molecular weight excluding hydrogens is 242 g/mol. The first-order valence-corrected chi connectivity index (χ1v) is 6.52. The molecule has 2 heterocycles. The van der Waals surface area contributed by atoms with Crippen molar-refractivity contribution in [3.05, 3.63) is 24.3 Å². The third-order valence-corrected chi connectivity index (χ3v) is 2.75. The van der Waals surface area contributed by atoms with Gasteiger partial charge in [-0.15, -0.1) is 10.2 Å². The average molecular weight is 263 g/mol. The van der Waals surface area contributed by atoms with E-state index >= 15 is 0 Å². The lowest BCUT2D eigenvalue weighted by molar-refractivity contribution is 0.347. The van der Waals surface area contributed by atoms with E-state index in [4.69, 9.17) is 0 Å². The summed E-state index contributed by atoms with van der Waals surface area (Å²) in [6, 6.07) is 0. The van der Waals surface area contributed by atoms with Crippen LogP contribution >= 0.6 is 0 Å². The van der Waals surface area contributed by atoms with Gasteiger partial charge in [-0.3, -0.25) is 4.68 Å². The monoisotopic (exact) mass is 263 g/mol. The number of hydrogen-bond donors (Lipinski definition) is 1. The summed E-state index contributed by atoms with van der Waals surface area (Å²) >= 11 is 0. The number of hydrogen-bond acceptors (Lipinski definition) is 5. The molecule has 0 aliphatic carbocycles. The summed E-state index contributed by atoms with van der Waals surface area (Å²) in [4.78, 5) is 0. The number of aryl methyl sites for hydroxylation is 1. The number of aromatic nitrogens is 6. The maximum atomic E-state index is 4.15. The molecule has 19 heavy (non-hydrogen) atoms. The molecule has 0 aromatic carbocycles. The van der Waals surface area contributed by atoms with Crippen molar-refractivity contribution in [3.8, 4) is 0 Å². The zero-order valence-electron chi connectivity index (χ0n) is 11.7. The van der Waals surface area contributed by atoms with Gasteiger partial charge < -0.3 is 5.32 Å². The molecule has 0 atom stereocenters. The first kappa shape index (κ1) is 13.7. The van der Waals surface area contributed by atoms with Gasteiger partial charge in [0.05, 0.1) is 23.6 Å². The van der Waals surface area contributed by atoms with Gasteiger partial charge in [-0.05, 0) is 33.7 Å². The van der Waals surface area contributed by atoms with Crippen molar-refractivity contribution < 1.29 is 0 Å². The van der Waals surface area contributed by atoms with E-state index in [2.05, 4.69) is 46.7 Å². The van der Waals surface area contributed by atoms with Crippen LogP contribution in [0.3, 0.4) is 0 Å². The maximum absolute atomic E-state index is 4.15. The van der Waals surface area contributed by atoms with Crippen molar-refractivity contribution in [3.63, 3.8) is 0 Å². The Bertz CT molecular complexity index is 480. The molecule has 2 aromatic rings. The molecule has 7 heteroatoms. The van der Waals surface area contributed by atoms with Gasteiger partial charge in [0.2, 0.25) is 0 Å². The lowest BCUT2D eigenvalue weighted by Gasteiger charge is -2.17. The Kier molecular flexibility index (Phi) is 4.26. The molecule has 0 bridgehead atoms. The zero-order valence-corrected chi connectivity index (χ0v) is 11.7. The third kappa shape index (κ3) is 4.13. The van der Waals surface area contributed by atoms with Gasteiger partial charge in [0, 0.05) is 19.3 Å². The Morgan fingerprint density at radius 1 is 1.26 bits per heavy atom. The largest absolute Gasteiger partial charge is 0.311 e. The van der Waals surface area contributed by atoms with E-state index in [1.165, 1.54) is 0 Å². The van der Waals surface area contributed by atoms with Crippen LogP contribution in [0.5, 0.6) is 0 Å². The van der Waals surface area contributed by atoms with Gasteiger partial charge in [-0.2, -0.15) is 0 Å². The minimum atomic E-state index is -0.0155. The van der Waals surface area contributed by atoms with Crippen LogP contribution in [0.4, 0.5) is 0 Å². The molecular formula is C12H21N7. The second-order valence-corrected chi connectivity index (χ2v) is 5.52. The predicted molar refractivity (Wildman–Crippen MR) is 71.4 cm³/mol. The van der Waals surface area contributed by atoms with Gasteiger partial charge >= 0.3 is 0 Å². The van der Waals surface area contributed by atoms with Crippen molar-refractivity contribution in [2.45, 2.75) is 45.8 Å². The molecule has 0 amide bonds. The minimum absolute atomic E-state index is 0.0155. The molecule has 2 rings (SSSR count). The van der Waals surface area contributed by atoms with Crippen LogP contribution in [0, 0.1) is 0 Å². The van der Waals surface area contributed by atoms with E-state index in [1.54, 1.807) is 6.20 Å². The number of nitrogens with zero attached hydrogens (tertiary/aromatic N) is 6. The van der Waals surface area contributed by atoms with Crippen LogP contribution in [0.15, 0.2) is 18.6 Å². The van der Waals surface area contributed by atoms with Crippen molar-refractivity contribution >= 4 is 0 Å². The predicted octanol–water partition coefficient (Wildman–Crippen LogP) is 0.804. The van der Waals surface area contributed by atoms with Crippen molar-refractivity contribution in [2.24, 2.45) is 0 Å². The molecule has 2 aromatic heterocycles. The summed E-state index contributed by atoms with van der Waals surface area (Å²) in [5.41, 5.74) is 0.953. The standard InChI is InChI=1S/C12H21N7/c1-12(2,3)19-10-11(15-17-19)9-13-5-4-7-18-8-6-14-16-18/h6,8,10,13H,4-5,7,9H2,1-3H3. The zero-order chi connectivity index (χ0) is 13.7. The van der Waals surface area contributed by atoms with E-state index in [1.807, 2.05) is 21.8 Å². The molecule has 0 fully saturated rings. The van der Waals surface area contributed by atoms with Crippen molar-refractivity contribution in [1.29, 1.82) is 0 Å². The highest BCUT2D eigenvalue weighted by molar-refractivity contribution is 4.93. The Hall–Kier alpha value is -1.76. The number of nitrogens with one attached hydrogen (secondary N) is 1. The summed E-state index contributed by atoms with van der Waals surface area (Å²) in [6.07, 6.45) is 6.56. The van der Waals surface area contributed by atoms with Crippen molar-refractivity contribution in [2.75, 3.05) is 6.54 Å². The molecule has 1 N–H and O–H groups in total. The fraction of sp³-hybridized carbons (Fsp3) is 0.667. The van der Waals surface area contributed by atoms with Gasteiger partial charge in [-0.1, -0.05) is 10.4 Å². The molecule has 104 valence electrons. The minimum Gasteiger partial charge on any atom is -0.311 e. The Morgan fingerprint density at radius 2 is 2.11 bits per heavy atom. The highest BCUT2D eigenvalue weighted by Crippen LogP contribution is 2.11. The molecule has 0 saturated heterocycles. The van der Waals surface area contributed by atoms with E-state index in [0.29, 0.717) is 0 Å². The molecule has 0 saturated carbocycles. The second-order valence-electron chi connectivity index (χ2n) is 5.52. The molecule has 0 aliphatic rings. The SMILES string of the molecule is CC(C)(C)n1cc(CNCCCn2ccnn2)nn1. The summed E-state index contributed by atoms with van der Waals surface area (Å²) in [7, 11) is 0. The molecule has 0 spiro atoms. The Balaban J connectivity index is 1.67. The fourth-order valence-electron chi connectivity index (χ4n) is 1.64. The van der Waals surface area contributed by atoms with Gasteiger partial charge in [0.25, 0.3) is 0 Å². The molecule has 0 radical (unpaired) electrons. The van der Waals surface area contributed by atoms with E-state index in [0.717, 1.165) is 31.7 Å². The highest BCUT2D eigenvalue weighted by atomic mass is 15.4. The van der Waals surface area contributed by atoms with Gasteiger partial charge in [0.1, 0.15) is 0 Å². The van der Waals surface area contributed by atoms with Crippen LogP contribution in [0.2, 0.25) is 0 Å². The first-order chi connectivity index (χ1) is 9.05. The van der Waals surface area contributed by atoms with E-state index in [-0.39, 0.29) is 5.54 Å². The second kappa shape index (κ2) is 5.92. The number of rotatable bonds is 6. The average Bonchev–Trinajstić information content (AvgIpc) is 2.97. The Morgan fingerprint density at radius 3 is 2.74 bits per heavy atom. The van der Waals surface area contributed by atoms with Crippen LogP contribution in [-0.2, 0) is 18.6 Å². The van der Waals surface area contributed by atoms with E-state index < -0.39 is 0 Å².